The van der Waals surface area contributed by atoms with Gasteiger partial charge in [-0.2, -0.15) is 0 Å². The standard InChI is InChI=1S/C11H25N3O/c1-4-10(9-15-3)14-6-5-13(2)8-11(14)7-12/h10-11H,4-9,12H2,1-3H3. The second-order valence-corrected chi connectivity index (χ2v) is 4.41. The number of ether oxygens (including phenoxy) is 1. The van der Waals surface area contributed by atoms with Crippen LogP contribution in [0.5, 0.6) is 0 Å². The van der Waals surface area contributed by atoms with E-state index in [4.69, 9.17) is 10.5 Å². The van der Waals surface area contributed by atoms with E-state index >= 15 is 0 Å². The van der Waals surface area contributed by atoms with Gasteiger partial charge in [0.2, 0.25) is 0 Å². The van der Waals surface area contributed by atoms with Gasteiger partial charge >= 0.3 is 0 Å². The molecule has 1 heterocycles. The first-order valence-corrected chi connectivity index (χ1v) is 5.86. The highest BCUT2D eigenvalue weighted by atomic mass is 16.5. The van der Waals surface area contributed by atoms with Gasteiger partial charge in [0, 0.05) is 45.4 Å². The number of hydrogen-bond donors (Lipinski definition) is 1. The first kappa shape index (κ1) is 12.9. The molecule has 0 aliphatic carbocycles. The number of likely N-dealkylation sites (N-methyl/N-ethyl adjacent to an activating group) is 1. The lowest BCUT2D eigenvalue weighted by Crippen LogP contribution is -2.58. The topological polar surface area (TPSA) is 41.7 Å². The van der Waals surface area contributed by atoms with Crippen molar-refractivity contribution in [3.05, 3.63) is 0 Å². The molecule has 1 saturated heterocycles. The molecule has 15 heavy (non-hydrogen) atoms. The highest BCUT2D eigenvalue weighted by Crippen LogP contribution is 2.14. The maximum absolute atomic E-state index is 5.84. The number of nitrogens with two attached hydrogens (primary N) is 1. The van der Waals surface area contributed by atoms with Crippen LogP contribution in [0.25, 0.3) is 0 Å². The van der Waals surface area contributed by atoms with Crippen LogP contribution in [-0.4, -0.2) is 68.8 Å². The van der Waals surface area contributed by atoms with Gasteiger partial charge in [-0.05, 0) is 13.5 Å². The van der Waals surface area contributed by atoms with Crippen molar-refractivity contribution in [3.63, 3.8) is 0 Å². The second kappa shape index (κ2) is 6.43. The summed E-state index contributed by atoms with van der Waals surface area (Å²) in [7, 11) is 3.94. The summed E-state index contributed by atoms with van der Waals surface area (Å²) >= 11 is 0. The quantitative estimate of drug-likeness (QED) is 0.700. The van der Waals surface area contributed by atoms with Crippen molar-refractivity contribution >= 4 is 0 Å². The van der Waals surface area contributed by atoms with E-state index in [-0.39, 0.29) is 0 Å². The maximum Gasteiger partial charge on any atom is 0.0618 e. The Morgan fingerprint density at radius 1 is 1.47 bits per heavy atom. The van der Waals surface area contributed by atoms with E-state index in [2.05, 4.69) is 23.8 Å². The fourth-order valence-electron chi connectivity index (χ4n) is 2.36. The van der Waals surface area contributed by atoms with Gasteiger partial charge in [0.1, 0.15) is 0 Å². The zero-order valence-corrected chi connectivity index (χ0v) is 10.3. The lowest BCUT2D eigenvalue weighted by Gasteiger charge is -2.43. The van der Waals surface area contributed by atoms with Crippen LogP contribution in [0.4, 0.5) is 0 Å². The van der Waals surface area contributed by atoms with Crippen molar-refractivity contribution in [2.45, 2.75) is 25.4 Å². The Bertz CT molecular complexity index is 171. The zero-order chi connectivity index (χ0) is 11.3. The van der Waals surface area contributed by atoms with Crippen LogP contribution < -0.4 is 5.73 Å². The fourth-order valence-corrected chi connectivity index (χ4v) is 2.36. The largest absolute Gasteiger partial charge is 0.383 e. The van der Waals surface area contributed by atoms with Crippen molar-refractivity contribution in [1.82, 2.24) is 9.80 Å². The van der Waals surface area contributed by atoms with Gasteiger partial charge < -0.3 is 15.4 Å². The first-order valence-electron chi connectivity index (χ1n) is 5.86. The van der Waals surface area contributed by atoms with E-state index in [1.54, 1.807) is 7.11 Å². The summed E-state index contributed by atoms with van der Waals surface area (Å²) < 4.78 is 5.27. The Hall–Kier alpha value is -0.160. The Labute approximate surface area is 93.4 Å². The number of piperazine rings is 1. The molecule has 0 saturated carbocycles. The molecule has 0 bridgehead atoms. The molecule has 0 radical (unpaired) electrons. The molecule has 0 aromatic rings. The Kier molecular flexibility index (Phi) is 5.53. The van der Waals surface area contributed by atoms with Crippen molar-refractivity contribution in [2.75, 3.05) is 46.9 Å². The van der Waals surface area contributed by atoms with Gasteiger partial charge in [-0.3, -0.25) is 4.90 Å². The smallest absolute Gasteiger partial charge is 0.0618 e. The molecule has 1 rings (SSSR count). The van der Waals surface area contributed by atoms with E-state index in [0.717, 1.165) is 39.2 Å². The minimum Gasteiger partial charge on any atom is -0.383 e. The summed E-state index contributed by atoms with van der Waals surface area (Å²) in [5.74, 6) is 0. The minimum atomic E-state index is 0.490. The molecule has 0 aromatic heterocycles. The van der Waals surface area contributed by atoms with Crippen molar-refractivity contribution in [2.24, 2.45) is 5.73 Å². The molecule has 90 valence electrons. The molecule has 0 amide bonds. The molecule has 0 spiro atoms. The van der Waals surface area contributed by atoms with Crippen LogP contribution in [0, 0.1) is 0 Å². The maximum atomic E-state index is 5.84. The van der Waals surface area contributed by atoms with Crippen molar-refractivity contribution in [1.29, 1.82) is 0 Å². The Balaban J connectivity index is 2.56. The molecule has 4 nitrogen and oxygen atoms in total. The summed E-state index contributed by atoms with van der Waals surface area (Å²) in [6.07, 6.45) is 1.13. The average Bonchev–Trinajstić information content (AvgIpc) is 2.26. The average molecular weight is 215 g/mol. The van der Waals surface area contributed by atoms with E-state index in [1.807, 2.05) is 0 Å². The van der Waals surface area contributed by atoms with E-state index in [0.29, 0.717) is 12.1 Å². The summed E-state index contributed by atoms with van der Waals surface area (Å²) in [5, 5.41) is 0. The summed E-state index contributed by atoms with van der Waals surface area (Å²) in [6, 6.07) is 1.01. The van der Waals surface area contributed by atoms with Crippen LogP contribution >= 0.6 is 0 Å². The molecule has 2 N–H and O–H groups in total. The third-order valence-electron chi connectivity index (χ3n) is 3.30. The molecular formula is C11H25N3O. The van der Waals surface area contributed by atoms with Crippen molar-refractivity contribution < 1.29 is 4.74 Å². The summed E-state index contributed by atoms with van der Waals surface area (Å²) in [5.41, 5.74) is 5.84. The third-order valence-corrected chi connectivity index (χ3v) is 3.30. The second-order valence-electron chi connectivity index (χ2n) is 4.41. The van der Waals surface area contributed by atoms with Crippen LogP contribution in [-0.2, 0) is 4.74 Å². The van der Waals surface area contributed by atoms with Crippen LogP contribution in [0.1, 0.15) is 13.3 Å². The minimum absolute atomic E-state index is 0.490. The van der Waals surface area contributed by atoms with Crippen molar-refractivity contribution in [3.8, 4) is 0 Å². The number of nitrogens with zero attached hydrogens (tertiary/aromatic N) is 2. The molecule has 1 aliphatic heterocycles. The number of hydrogen-bond acceptors (Lipinski definition) is 4. The molecule has 2 atom stereocenters. The molecule has 2 unspecified atom stereocenters. The third kappa shape index (κ3) is 3.41. The van der Waals surface area contributed by atoms with Gasteiger partial charge in [-0.15, -0.1) is 0 Å². The lowest BCUT2D eigenvalue weighted by molar-refractivity contribution is 0.0179. The molecular weight excluding hydrogens is 190 g/mol. The Morgan fingerprint density at radius 3 is 2.73 bits per heavy atom. The van der Waals surface area contributed by atoms with Gasteiger partial charge in [-0.1, -0.05) is 6.92 Å². The Morgan fingerprint density at radius 2 is 2.20 bits per heavy atom. The number of rotatable bonds is 5. The van der Waals surface area contributed by atoms with Gasteiger partial charge in [0.05, 0.1) is 6.61 Å². The van der Waals surface area contributed by atoms with E-state index < -0.39 is 0 Å². The monoisotopic (exact) mass is 215 g/mol. The molecule has 4 heteroatoms. The molecule has 0 aromatic carbocycles. The van der Waals surface area contributed by atoms with E-state index in [1.165, 1.54) is 0 Å². The number of methoxy groups -OCH3 is 1. The highest BCUT2D eigenvalue weighted by Gasteiger charge is 2.28. The highest BCUT2D eigenvalue weighted by molar-refractivity contribution is 4.85. The van der Waals surface area contributed by atoms with E-state index in [9.17, 15) is 0 Å². The van der Waals surface area contributed by atoms with Crippen LogP contribution in [0.2, 0.25) is 0 Å². The molecule has 1 fully saturated rings. The summed E-state index contributed by atoms with van der Waals surface area (Å²) in [6.45, 7) is 7.10. The van der Waals surface area contributed by atoms with Gasteiger partial charge in [0.15, 0.2) is 0 Å². The predicted octanol–water partition coefficient (Wildman–Crippen LogP) is -0.0139. The zero-order valence-electron chi connectivity index (χ0n) is 10.3. The van der Waals surface area contributed by atoms with Gasteiger partial charge in [0.25, 0.3) is 0 Å². The lowest BCUT2D eigenvalue weighted by atomic mass is 10.1. The van der Waals surface area contributed by atoms with Gasteiger partial charge in [-0.25, -0.2) is 0 Å². The molecule has 1 aliphatic rings. The SMILES string of the molecule is CCC(COC)N1CCN(C)CC1CN. The van der Waals surface area contributed by atoms with Crippen LogP contribution in [0.3, 0.4) is 0 Å². The first-order chi connectivity index (χ1) is 7.22. The van der Waals surface area contributed by atoms with Crippen LogP contribution in [0.15, 0.2) is 0 Å². The predicted molar refractivity (Wildman–Crippen MR) is 63.0 cm³/mol. The fraction of sp³-hybridized carbons (Fsp3) is 1.00. The normalized spacial score (nSPS) is 26.8. The summed E-state index contributed by atoms with van der Waals surface area (Å²) in [4.78, 5) is 4.87.